The van der Waals surface area contributed by atoms with E-state index in [2.05, 4.69) is 4.98 Å². The molecule has 2 rings (SSSR count). The lowest BCUT2D eigenvalue weighted by atomic mass is 9.95. The van der Waals surface area contributed by atoms with Crippen LogP contribution in [0.15, 0.2) is 18.5 Å². The number of nitrogens with two attached hydrogens (primary N) is 1. The first-order valence-corrected chi connectivity index (χ1v) is 4.18. The van der Waals surface area contributed by atoms with Crippen LogP contribution in [0.25, 0.3) is 0 Å². The predicted molar refractivity (Wildman–Crippen MR) is 53.4 cm³/mol. The summed E-state index contributed by atoms with van der Waals surface area (Å²) >= 11 is 0. The van der Waals surface area contributed by atoms with Gasteiger partial charge in [0, 0.05) is 17.7 Å². The summed E-state index contributed by atoms with van der Waals surface area (Å²) in [6.45, 7) is 1.46. The first-order chi connectivity index (χ1) is 5.92. The van der Waals surface area contributed by atoms with Crippen LogP contribution in [0.1, 0.15) is 17.9 Å². The van der Waals surface area contributed by atoms with Crippen molar-refractivity contribution in [1.82, 2.24) is 4.98 Å². The fourth-order valence-electron chi connectivity index (χ4n) is 1.56. The maximum Gasteiger partial charge on any atom is 0.141 e. The SMILES string of the molecule is Cl.NCC1CCOc2cnccc21. The largest absolute Gasteiger partial charge is 0.492 e. The Bertz CT molecular complexity index is 280. The van der Waals surface area contributed by atoms with Crippen LogP contribution in [-0.4, -0.2) is 18.1 Å². The number of hydrogen-bond acceptors (Lipinski definition) is 3. The van der Waals surface area contributed by atoms with Crippen LogP contribution in [0, 0.1) is 0 Å². The van der Waals surface area contributed by atoms with E-state index >= 15 is 0 Å². The Hall–Kier alpha value is -0.800. The molecule has 4 heteroatoms. The van der Waals surface area contributed by atoms with E-state index in [1.807, 2.05) is 6.07 Å². The molecule has 1 aromatic heterocycles. The van der Waals surface area contributed by atoms with Crippen molar-refractivity contribution >= 4 is 12.4 Å². The van der Waals surface area contributed by atoms with Crippen molar-refractivity contribution in [1.29, 1.82) is 0 Å². The normalized spacial score (nSPS) is 19.6. The summed E-state index contributed by atoms with van der Waals surface area (Å²) in [7, 11) is 0. The van der Waals surface area contributed by atoms with Gasteiger partial charge in [-0.15, -0.1) is 12.4 Å². The Balaban J connectivity index is 0.000000845. The van der Waals surface area contributed by atoms with Gasteiger partial charge in [0.2, 0.25) is 0 Å². The standard InChI is InChI=1S/C9H12N2O.ClH/c10-5-7-2-4-12-9-6-11-3-1-8(7)9;/h1,3,6-7H,2,4-5,10H2;1H. The number of fused-ring (bicyclic) bond motifs is 1. The molecule has 13 heavy (non-hydrogen) atoms. The minimum absolute atomic E-state index is 0. The third-order valence-electron chi connectivity index (χ3n) is 2.26. The third kappa shape index (κ3) is 1.92. The fraction of sp³-hybridized carbons (Fsp3) is 0.444. The summed E-state index contributed by atoms with van der Waals surface area (Å²) in [5.41, 5.74) is 6.85. The first-order valence-electron chi connectivity index (χ1n) is 4.18. The van der Waals surface area contributed by atoms with E-state index in [0.29, 0.717) is 12.5 Å². The number of aromatic nitrogens is 1. The molecule has 3 nitrogen and oxygen atoms in total. The minimum Gasteiger partial charge on any atom is -0.492 e. The number of hydrogen-bond donors (Lipinski definition) is 1. The zero-order valence-electron chi connectivity index (χ0n) is 7.27. The molecule has 0 saturated heterocycles. The summed E-state index contributed by atoms with van der Waals surface area (Å²) in [5.74, 6) is 1.36. The Morgan fingerprint density at radius 2 is 2.46 bits per heavy atom. The highest BCUT2D eigenvalue weighted by molar-refractivity contribution is 5.85. The molecule has 0 fully saturated rings. The Morgan fingerprint density at radius 1 is 1.62 bits per heavy atom. The van der Waals surface area contributed by atoms with Crippen molar-refractivity contribution in [3.8, 4) is 5.75 Å². The van der Waals surface area contributed by atoms with Crippen molar-refractivity contribution in [2.45, 2.75) is 12.3 Å². The highest BCUT2D eigenvalue weighted by Gasteiger charge is 2.19. The van der Waals surface area contributed by atoms with Crippen molar-refractivity contribution in [2.24, 2.45) is 5.73 Å². The molecule has 0 amide bonds. The first kappa shape index (κ1) is 10.3. The second-order valence-electron chi connectivity index (χ2n) is 2.98. The maximum atomic E-state index is 5.64. The zero-order chi connectivity index (χ0) is 8.39. The molecule has 72 valence electrons. The van der Waals surface area contributed by atoms with Crippen molar-refractivity contribution in [3.63, 3.8) is 0 Å². The van der Waals surface area contributed by atoms with E-state index in [9.17, 15) is 0 Å². The van der Waals surface area contributed by atoms with Crippen molar-refractivity contribution in [2.75, 3.05) is 13.2 Å². The lowest BCUT2D eigenvalue weighted by molar-refractivity contribution is 0.267. The Morgan fingerprint density at radius 3 is 3.23 bits per heavy atom. The van der Waals surface area contributed by atoms with Crippen LogP contribution in [0.2, 0.25) is 0 Å². The van der Waals surface area contributed by atoms with Crippen LogP contribution in [0.4, 0.5) is 0 Å². The molecule has 0 bridgehead atoms. The summed E-state index contributed by atoms with van der Waals surface area (Å²) in [5, 5.41) is 0. The molecule has 1 unspecified atom stereocenters. The molecule has 2 N–H and O–H groups in total. The van der Waals surface area contributed by atoms with E-state index in [4.69, 9.17) is 10.5 Å². The topological polar surface area (TPSA) is 48.1 Å². The quantitative estimate of drug-likeness (QED) is 0.744. The molecule has 0 saturated carbocycles. The van der Waals surface area contributed by atoms with Gasteiger partial charge in [-0.1, -0.05) is 0 Å². The molecule has 1 aliphatic rings. The van der Waals surface area contributed by atoms with Gasteiger partial charge in [-0.25, -0.2) is 0 Å². The highest BCUT2D eigenvalue weighted by atomic mass is 35.5. The zero-order valence-corrected chi connectivity index (χ0v) is 8.09. The van der Waals surface area contributed by atoms with Crippen LogP contribution in [0.3, 0.4) is 0 Å². The number of rotatable bonds is 1. The van der Waals surface area contributed by atoms with E-state index < -0.39 is 0 Å². The Labute approximate surface area is 83.7 Å². The average molecular weight is 201 g/mol. The summed E-state index contributed by atoms with van der Waals surface area (Å²) in [6, 6.07) is 1.99. The monoisotopic (exact) mass is 200 g/mol. The lowest BCUT2D eigenvalue weighted by Crippen LogP contribution is -2.20. The summed E-state index contributed by atoms with van der Waals surface area (Å²) < 4.78 is 5.44. The van der Waals surface area contributed by atoms with Crippen LogP contribution >= 0.6 is 12.4 Å². The van der Waals surface area contributed by atoms with Gasteiger partial charge in [0.15, 0.2) is 0 Å². The predicted octanol–water partition coefficient (Wildman–Crippen LogP) is 1.33. The van der Waals surface area contributed by atoms with Crippen LogP contribution in [0.5, 0.6) is 5.75 Å². The van der Waals surface area contributed by atoms with Gasteiger partial charge in [-0.2, -0.15) is 0 Å². The molecule has 1 aliphatic heterocycles. The van der Waals surface area contributed by atoms with Crippen LogP contribution in [-0.2, 0) is 0 Å². The van der Waals surface area contributed by atoms with E-state index in [0.717, 1.165) is 18.8 Å². The fourth-order valence-corrected chi connectivity index (χ4v) is 1.56. The molecule has 0 spiro atoms. The van der Waals surface area contributed by atoms with Crippen LogP contribution < -0.4 is 10.5 Å². The number of ether oxygens (including phenoxy) is 1. The molecule has 1 atom stereocenters. The average Bonchev–Trinajstić information content (AvgIpc) is 2.17. The van der Waals surface area contributed by atoms with E-state index in [1.54, 1.807) is 12.4 Å². The second-order valence-corrected chi connectivity index (χ2v) is 2.98. The number of halogens is 1. The van der Waals surface area contributed by atoms with Gasteiger partial charge < -0.3 is 10.5 Å². The summed E-state index contributed by atoms with van der Waals surface area (Å²) in [6.07, 6.45) is 4.57. The van der Waals surface area contributed by atoms with Gasteiger partial charge >= 0.3 is 0 Å². The highest BCUT2D eigenvalue weighted by Crippen LogP contribution is 2.31. The third-order valence-corrected chi connectivity index (χ3v) is 2.26. The lowest BCUT2D eigenvalue weighted by Gasteiger charge is -2.23. The second kappa shape index (κ2) is 4.44. The van der Waals surface area contributed by atoms with Gasteiger partial charge in [-0.3, -0.25) is 4.98 Å². The van der Waals surface area contributed by atoms with Crippen molar-refractivity contribution < 1.29 is 4.74 Å². The van der Waals surface area contributed by atoms with Gasteiger partial charge in [0.25, 0.3) is 0 Å². The Kier molecular flexibility index (Phi) is 3.51. The number of nitrogens with zero attached hydrogens (tertiary/aromatic N) is 1. The number of pyridine rings is 1. The minimum atomic E-state index is 0. The van der Waals surface area contributed by atoms with Gasteiger partial charge in [-0.05, 0) is 19.0 Å². The van der Waals surface area contributed by atoms with Crippen molar-refractivity contribution in [3.05, 3.63) is 24.0 Å². The molecule has 0 radical (unpaired) electrons. The van der Waals surface area contributed by atoms with Gasteiger partial charge in [0.1, 0.15) is 5.75 Å². The van der Waals surface area contributed by atoms with Gasteiger partial charge in [0.05, 0.1) is 12.8 Å². The summed E-state index contributed by atoms with van der Waals surface area (Å²) in [4.78, 5) is 4.00. The molecule has 0 aliphatic carbocycles. The smallest absolute Gasteiger partial charge is 0.141 e. The van der Waals surface area contributed by atoms with E-state index in [-0.39, 0.29) is 12.4 Å². The molecule has 0 aromatic carbocycles. The molecule has 2 heterocycles. The molecule has 1 aromatic rings. The molecular formula is C9H13ClN2O. The molecular weight excluding hydrogens is 188 g/mol. The maximum absolute atomic E-state index is 5.64. The van der Waals surface area contributed by atoms with E-state index in [1.165, 1.54) is 5.56 Å².